The first-order chi connectivity index (χ1) is 14.9. The van der Waals surface area contributed by atoms with Gasteiger partial charge in [-0.3, -0.25) is 9.36 Å². The van der Waals surface area contributed by atoms with E-state index in [0.717, 1.165) is 5.56 Å². The highest BCUT2D eigenvalue weighted by Gasteiger charge is 2.34. The third kappa shape index (κ3) is 3.99. The number of halogens is 2. The number of esters is 1. The van der Waals surface area contributed by atoms with Crippen LogP contribution < -0.4 is 14.9 Å². The molecule has 2 heterocycles. The highest BCUT2D eigenvalue weighted by atomic mass is 35.5. The first kappa shape index (κ1) is 21.6. The highest BCUT2D eigenvalue weighted by Crippen LogP contribution is 2.34. The van der Waals surface area contributed by atoms with Crippen LogP contribution in [0.25, 0.3) is 6.08 Å². The number of rotatable bonds is 4. The minimum absolute atomic E-state index is 0.210. The standard InChI is InChI=1S/C23H18Cl2N2O3S/c1-3-30-22(29)19-13(2)26-23-27(20(19)15-9-5-7-11-17(15)25)21(28)18(31-23)12-14-8-4-6-10-16(14)24/h4-12,20H,3H2,1-2H3/b18-12-/t20-/m1/s1. The van der Waals surface area contributed by atoms with Crippen molar-refractivity contribution in [2.45, 2.75) is 19.9 Å². The molecule has 0 radical (unpaired) electrons. The molecule has 0 aliphatic carbocycles. The van der Waals surface area contributed by atoms with Gasteiger partial charge in [-0.1, -0.05) is 70.9 Å². The fraction of sp³-hybridized carbons (Fsp3) is 0.174. The van der Waals surface area contributed by atoms with Gasteiger partial charge in [0.1, 0.15) is 6.04 Å². The first-order valence-electron chi connectivity index (χ1n) is 9.61. The summed E-state index contributed by atoms with van der Waals surface area (Å²) in [5, 5.41) is 0.990. The average Bonchev–Trinajstić information content (AvgIpc) is 3.04. The third-order valence-electron chi connectivity index (χ3n) is 4.91. The number of carbonyl (C=O) groups excluding carboxylic acids is 1. The van der Waals surface area contributed by atoms with Crippen LogP contribution in [0.2, 0.25) is 10.0 Å². The van der Waals surface area contributed by atoms with E-state index in [1.807, 2.05) is 24.3 Å². The van der Waals surface area contributed by atoms with E-state index in [9.17, 15) is 9.59 Å². The molecule has 0 bridgehead atoms. The van der Waals surface area contributed by atoms with Crippen LogP contribution in [0.3, 0.4) is 0 Å². The lowest BCUT2D eigenvalue weighted by molar-refractivity contribution is -0.139. The van der Waals surface area contributed by atoms with Crippen molar-refractivity contribution >= 4 is 46.6 Å². The molecule has 2 aromatic carbocycles. The molecule has 8 heteroatoms. The van der Waals surface area contributed by atoms with Crippen molar-refractivity contribution in [3.63, 3.8) is 0 Å². The van der Waals surface area contributed by atoms with E-state index < -0.39 is 12.0 Å². The van der Waals surface area contributed by atoms with Gasteiger partial charge in [0.25, 0.3) is 5.56 Å². The molecule has 0 N–H and O–H groups in total. The summed E-state index contributed by atoms with van der Waals surface area (Å²) in [6.07, 6.45) is 1.74. The number of fused-ring (bicyclic) bond motifs is 1. The Morgan fingerprint density at radius 1 is 1.16 bits per heavy atom. The zero-order valence-electron chi connectivity index (χ0n) is 16.8. The monoisotopic (exact) mass is 472 g/mol. The van der Waals surface area contributed by atoms with Crippen LogP contribution in [-0.2, 0) is 9.53 Å². The van der Waals surface area contributed by atoms with Gasteiger partial charge >= 0.3 is 5.97 Å². The molecule has 0 spiro atoms. The van der Waals surface area contributed by atoms with E-state index in [4.69, 9.17) is 27.9 Å². The van der Waals surface area contributed by atoms with Crippen LogP contribution in [0, 0.1) is 0 Å². The summed E-state index contributed by atoms with van der Waals surface area (Å²) in [4.78, 5) is 31.4. The van der Waals surface area contributed by atoms with Crippen molar-refractivity contribution in [1.29, 1.82) is 0 Å². The van der Waals surface area contributed by atoms with Crippen molar-refractivity contribution in [1.82, 2.24) is 4.57 Å². The topological polar surface area (TPSA) is 60.7 Å². The molecule has 1 aliphatic heterocycles. The van der Waals surface area contributed by atoms with E-state index in [1.54, 1.807) is 44.2 Å². The summed E-state index contributed by atoms with van der Waals surface area (Å²) in [6, 6.07) is 13.7. The van der Waals surface area contributed by atoms with Crippen molar-refractivity contribution in [2.75, 3.05) is 6.61 Å². The molecule has 1 aromatic heterocycles. The van der Waals surface area contributed by atoms with Crippen molar-refractivity contribution in [3.05, 3.63) is 101 Å². The summed E-state index contributed by atoms with van der Waals surface area (Å²) in [7, 11) is 0. The Kier molecular flexibility index (Phi) is 6.14. The van der Waals surface area contributed by atoms with E-state index >= 15 is 0 Å². The molecule has 1 aliphatic rings. The summed E-state index contributed by atoms with van der Waals surface area (Å²) in [5.41, 5.74) is 1.88. The molecule has 0 amide bonds. The minimum Gasteiger partial charge on any atom is -0.463 e. The second kappa shape index (κ2) is 8.83. The van der Waals surface area contributed by atoms with Crippen LogP contribution in [0.1, 0.15) is 31.0 Å². The van der Waals surface area contributed by atoms with Crippen molar-refractivity contribution in [2.24, 2.45) is 4.99 Å². The normalized spacial score (nSPS) is 16.1. The van der Waals surface area contributed by atoms with Crippen LogP contribution in [0.15, 0.2) is 69.6 Å². The molecule has 4 rings (SSSR count). The molecule has 0 saturated heterocycles. The third-order valence-corrected chi connectivity index (χ3v) is 6.58. The lowest BCUT2D eigenvalue weighted by atomic mass is 9.96. The van der Waals surface area contributed by atoms with Gasteiger partial charge in [0.15, 0.2) is 4.80 Å². The number of allylic oxidation sites excluding steroid dienone is 1. The van der Waals surface area contributed by atoms with Gasteiger partial charge in [0, 0.05) is 10.0 Å². The second-order valence-corrected chi connectivity index (χ2v) is 8.67. The Balaban J connectivity index is 2.00. The van der Waals surface area contributed by atoms with Gasteiger partial charge in [-0.15, -0.1) is 0 Å². The summed E-state index contributed by atoms with van der Waals surface area (Å²) in [5.74, 6) is -0.519. The summed E-state index contributed by atoms with van der Waals surface area (Å²) >= 11 is 14.0. The average molecular weight is 473 g/mol. The largest absolute Gasteiger partial charge is 0.463 e. The van der Waals surface area contributed by atoms with Gasteiger partial charge in [-0.05, 0) is 43.2 Å². The molecule has 158 valence electrons. The quantitative estimate of drug-likeness (QED) is 0.536. The number of nitrogens with zero attached hydrogens (tertiary/aromatic N) is 2. The second-order valence-electron chi connectivity index (χ2n) is 6.85. The van der Waals surface area contributed by atoms with Crippen LogP contribution in [-0.4, -0.2) is 17.1 Å². The Morgan fingerprint density at radius 3 is 2.52 bits per heavy atom. The van der Waals surface area contributed by atoms with Crippen LogP contribution in [0.4, 0.5) is 0 Å². The number of benzene rings is 2. The molecular weight excluding hydrogens is 455 g/mol. The maximum Gasteiger partial charge on any atom is 0.338 e. The number of hydrogen-bond donors (Lipinski definition) is 0. The maximum absolute atomic E-state index is 13.5. The van der Waals surface area contributed by atoms with Gasteiger partial charge in [0.05, 0.1) is 22.4 Å². The number of thiazole rings is 1. The van der Waals surface area contributed by atoms with E-state index in [1.165, 1.54) is 15.9 Å². The maximum atomic E-state index is 13.5. The number of aromatic nitrogens is 1. The lowest BCUT2D eigenvalue weighted by Crippen LogP contribution is -2.40. The predicted octanol–water partition coefficient (Wildman–Crippen LogP) is 4.11. The fourth-order valence-corrected chi connectivity index (χ4v) is 4.98. The van der Waals surface area contributed by atoms with E-state index in [2.05, 4.69) is 4.99 Å². The number of hydrogen-bond acceptors (Lipinski definition) is 5. The SMILES string of the molecule is CCOC(=O)C1=C(C)N=c2s/c(=C\c3ccccc3Cl)c(=O)n2[C@@H]1c1ccccc1Cl. The Labute approximate surface area is 192 Å². The van der Waals surface area contributed by atoms with Gasteiger partial charge in [-0.25, -0.2) is 9.79 Å². The van der Waals surface area contributed by atoms with Gasteiger partial charge in [0.2, 0.25) is 0 Å². The smallest absolute Gasteiger partial charge is 0.338 e. The summed E-state index contributed by atoms with van der Waals surface area (Å²) in [6.45, 7) is 3.68. The number of carbonyl (C=O) groups is 1. The van der Waals surface area contributed by atoms with E-state index in [-0.39, 0.29) is 12.2 Å². The molecule has 31 heavy (non-hydrogen) atoms. The Bertz CT molecular complexity index is 1390. The van der Waals surface area contributed by atoms with Crippen molar-refractivity contribution in [3.8, 4) is 0 Å². The van der Waals surface area contributed by atoms with Crippen LogP contribution in [0.5, 0.6) is 0 Å². The van der Waals surface area contributed by atoms with Crippen LogP contribution >= 0.6 is 34.5 Å². The highest BCUT2D eigenvalue weighted by molar-refractivity contribution is 7.07. The molecule has 0 saturated carbocycles. The zero-order chi connectivity index (χ0) is 22.1. The first-order valence-corrected chi connectivity index (χ1v) is 11.2. The van der Waals surface area contributed by atoms with Gasteiger partial charge in [-0.2, -0.15) is 0 Å². The zero-order valence-corrected chi connectivity index (χ0v) is 19.1. The molecule has 5 nitrogen and oxygen atoms in total. The molecule has 0 fully saturated rings. The molecule has 3 aromatic rings. The molecule has 1 atom stereocenters. The fourth-order valence-electron chi connectivity index (χ4n) is 3.52. The van der Waals surface area contributed by atoms with Gasteiger partial charge < -0.3 is 4.74 Å². The number of ether oxygens (including phenoxy) is 1. The minimum atomic E-state index is -0.739. The predicted molar refractivity (Wildman–Crippen MR) is 123 cm³/mol. The van der Waals surface area contributed by atoms with E-state index in [0.29, 0.717) is 36.2 Å². The molecule has 0 unspecified atom stereocenters. The Hall–Kier alpha value is -2.67. The lowest BCUT2D eigenvalue weighted by Gasteiger charge is -2.25. The van der Waals surface area contributed by atoms with Crippen molar-refractivity contribution < 1.29 is 9.53 Å². The Morgan fingerprint density at radius 2 is 1.84 bits per heavy atom. The molecular formula is C23H18Cl2N2O3S. The summed E-state index contributed by atoms with van der Waals surface area (Å²) < 4.78 is 7.25.